The van der Waals surface area contributed by atoms with Gasteiger partial charge in [-0.05, 0) is 30.3 Å². The molecule has 0 radical (unpaired) electrons. The molecule has 5 nitrogen and oxygen atoms in total. The van der Waals surface area contributed by atoms with Crippen molar-refractivity contribution in [1.82, 2.24) is 5.16 Å². The third kappa shape index (κ3) is 3.59. The highest BCUT2D eigenvalue weighted by atomic mass is 79.9. The Balaban J connectivity index is 1.92. The van der Waals surface area contributed by atoms with Crippen molar-refractivity contribution < 1.29 is 12.9 Å². The zero-order valence-corrected chi connectivity index (χ0v) is 15.7. The molecular formula is C15H9BrCl2N2O3S. The highest BCUT2D eigenvalue weighted by Gasteiger charge is 2.21. The molecule has 0 aliphatic carbocycles. The van der Waals surface area contributed by atoms with Crippen LogP contribution in [0.5, 0.6) is 0 Å². The molecule has 0 saturated heterocycles. The van der Waals surface area contributed by atoms with E-state index in [1.165, 1.54) is 24.3 Å². The summed E-state index contributed by atoms with van der Waals surface area (Å²) < 4.78 is 33.2. The maximum absolute atomic E-state index is 12.4. The van der Waals surface area contributed by atoms with Crippen LogP contribution in [0.4, 0.5) is 5.82 Å². The van der Waals surface area contributed by atoms with Crippen molar-refractivity contribution in [3.8, 4) is 11.3 Å². The fraction of sp³-hybridized carbons (Fsp3) is 0. The number of hydrogen-bond donors (Lipinski definition) is 1. The van der Waals surface area contributed by atoms with Crippen molar-refractivity contribution in [2.75, 3.05) is 4.72 Å². The van der Waals surface area contributed by atoms with Gasteiger partial charge in [-0.25, -0.2) is 8.42 Å². The van der Waals surface area contributed by atoms with Crippen LogP contribution in [0.15, 0.2) is 62.4 Å². The van der Waals surface area contributed by atoms with Crippen LogP contribution in [0.3, 0.4) is 0 Å². The van der Waals surface area contributed by atoms with Gasteiger partial charge in [-0.2, -0.15) is 0 Å². The molecule has 0 spiro atoms. The van der Waals surface area contributed by atoms with Gasteiger partial charge in [0.1, 0.15) is 4.90 Å². The number of anilines is 1. The normalized spacial score (nSPS) is 11.5. The minimum absolute atomic E-state index is 0.0387. The summed E-state index contributed by atoms with van der Waals surface area (Å²) in [5.41, 5.74) is 0.747. The summed E-state index contributed by atoms with van der Waals surface area (Å²) in [4.78, 5) is -0.137. The summed E-state index contributed by atoms with van der Waals surface area (Å²) in [5.74, 6) is 0.453. The molecule has 0 saturated carbocycles. The topological polar surface area (TPSA) is 72.2 Å². The number of rotatable bonds is 4. The van der Waals surface area contributed by atoms with Crippen molar-refractivity contribution in [1.29, 1.82) is 0 Å². The van der Waals surface area contributed by atoms with E-state index < -0.39 is 10.0 Å². The Morgan fingerprint density at radius 3 is 2.58 bits per heavy atom. The average molecular weight is 448 g/mol. The fourth-order valence-corrected chi connectivity index (χ4v) is 4.21. The van der Waals surface area contributed by atoms with Crippen molar-refractivity contribution in [3.63, 3.8) is 0 Å². The van der Waals surface area contributed by atoms with E-state index in [-0.39, 0.29) is 20.8 Å². The van der Waals surface area contributed by atoms with E-state index in [1.807, 2.05) is 24.3 Å². The summed E-state index contributed by atoms with van der Waals surface area (Å²) >= 11 is 15.2. The minimum Gasteiger partial charge on any atom is -0.354 e. The Morgan fingerprint density at radius 2 is 1.83 bits per heavy atom. The Kier molecular flexibility index (Phi) is 4.87. The maximum atomic E-state index is 12.4. The Labute approximate surface area is 156 Å². The molecule has 0 aliphatic rings. The fourth-order valence-electron chi connectivity index (χ4n) is 1.99. The van der Waals surface area contributed by atoms with Crippen molar-refractivity contribution in [2.24, 2.45) is 0 Å². The zero-order valence-electron chi connectivity index (χ0n) is 11.8. The lowest BCUT2D eigenvalue weighted by Gasteiger charge is -2.07. The highest BCUT2D eigenvalue weighted by Crippen LogP contribution is 2.31. The third-order valence-corrected chi connectivity index (χ3v) is 5.83. The second-order valence-corrected chi connectivity index (χ2v) is 8.09. The molecular weight excluding hydrogens is 439 g/mol. The van der Waals surface area contributed by atoms with E-state index in [0.717, 1.165) is 10.0 Å². The lowest BCUT2D eigenvalue weighted by Crippen LogP contribution is -2.13. The van der Waals surface area contributed by atoms with Gasteiger partial charge in [0.2, 0.25) is 0 Å². The molecule has 0 atom stereocenters. The molecule has 1 N–H and O–H groups in total. The van der Waals surface area contributed by atoms with Gasteiger partial charge in [0.05, 0.1) is 5.02 Å². The highest BCUT2D eigenvalue weighted by molar-refractivity contribution is 9.10. The molecule has 0 amide bonds. The summed E-state index contributed by atoms with van der Waals surface area (Å²) in [6.45, 7) is 0. The summed E-state index contributed by atoms with van der Waals surface area (Å²) in [5, 5.41) is 4.05. The SMILES string of the molecule is O=S(=O)(Nc1cc(-c2ccccc2Br)on1)c1cc(Cl)ccc1Cl. The van der Waals surface area contributed by atoms with E-state index in [1.54, 1.807) is 0 Å². The summed E-state index contributed by atoms with van der Waals surface area (Å²) in [6, 6.07) is 13.0. The zero-order chi connectivity index (χ0) is 17.3. The lowest BCUT2D eigenvalue weighted by atomic mass is 10.2. The largest absolute Gasteiger partial charge is 0.354 e. The first-order valence-electron chi connectivity index (χ1n) is 6.56. The van der Waals surface area contributed by atoms with Crippen LogP contribution in [0.25, 0.3) is 11.3 Å². The Bertz CT molecular complexity index is 1010. The molecule has 3 rings (SSSR count). The van der Waals surface area contributed by atoms with Gasteiger partial charge in [0.25, 0.3) is 10.0 Å². The summed E-state index contributed by atoms with van der Waals surface area (Å²) in [6.07, 6.45) is 0. The summed E-state index contributed by atoms with van der Waals surface area (Å²) in [7, 11) is -3.95. The molecule has 0 unspecified atom stereocenters. The lowest BCUT2D eigenvalue weighted by molar-refractivity contribution is 0.435. The van der Waals surface area contributed by atoms with Gasteiger partial charge in [-0.15, -0.1) is 0 Å². The first-order valence-corrected chi connectivity index (χ1v) is 9.59. The van der Waals surface area contributed by atoms with Crippen LogP contribution < -0.4 is 4.72 Å². The molecule has 2 aromatic carbocycles. The molecule has 24 heavy (non-hydrogen) atoms. The number of sulfonamides is 1. The number of nitrogens with zero attached hydrogens (tertiary/aromatic N) is 1. The monoisotopic (exact) mass is 446 g/mol. The Hall–Kier alpha value is -1.54. The molecule has 124 valence electrons. The molecule has 1 heterocycles. The van der Waals surface area contributed by atoms with Gasteiger partial charge >= 0.3 is 0 Å². The van der Waals surface area contributed by atoms with Gasteiger partial charge in [-0.3, -0.25) is 4.72 Å². The second kappa shape index (κ2) is 6.76. The maximum Gasteiger partial charge on any atom is 0.264 e. The first kappa shape index (κ1) is 17.3. The smallest absolute Gasteiger partial charge is 0.264 e. The van der Waals surface area contributed by atoms with E-state index in [2.05, 4.69) is 25.8 Å². The number of aromatic nitrogens is 1. The van der Waals surface area contributed by atoms with Gasteiger partial charge in [0.15, 0.2) is 11.6 Å². The van der Waals surface area contributed by atoms with Crippen LogP contribution in [-0.2, 0) is 10.0 Å². The average Bonchev–Trinajstić information content (AvgIpc) is 2.97. The van der Waals surface area contributed by atoms with Crippen LogP contribution in [0.1, 0.15) is 0 Å². The Morgan fingerprint density at radius 1 is 1.08 bits per heavy atom. The van der Waals surface area contributed by atoms with Crippen LogP contribution >= 0.6 is 39.1 Å². The van der Waals surface area contributed by atoms with E-state index in [0.29, 0.717) is 5.76 Å². The second-order valence-electron chi connectivity index (χ2n) is 4.74. The number of benzene rings is 2. The number of nitrogens with one attached hydrogen (secondary N) is 1. The van der Waals surface area contributed by atoms with Gasteiger partial charge in [-0.1, -0.05) is 56.4 Å². The van der Waals surface area contributed by atoms with Crippen LogP contribution in [0, 0.1) is 0 Å². The van der Waals surface area contributed by atoms with Gasteiger partial charge in [0, 0.05) is 21.1 Å². The van der Waals surface area contributed by atoms with Crippen LogP contribution in [-0.4, -0.2) is 13.6 Å². The predicted octanol–water partition coefficient (Wildman–Crippen LogP) is 5.21. The first-order chi connectivity index (χ1) is 11.4. The van der Waals surface area contributed by atoms with E-state index in [4.69, 9.17) is 27.7 Å². The van der Waals surface area contributed by atoms with Crippen molar-refractivity contribution in [3.05, 3.63) is 63.0 Å². The predicted molar refractivity (Wildman–Crippen MR) is 96.9 cm³/mol. The molecule has 0 aliphatic heterocycles. The standard InChI is InChI=1S/C15H9BrCl2N2O3S/c16-11-4-2-1-3-10(11)13-8-15(19-23-13)20-24(21,22)14-7-9(17)5-6-12(14)18/h1-8H,(H,19,20). The minimum atomic E-state index is -3.95. The van der Waals surface area contributed by atoms with Crippen molar-refractivity contribution >= 4 is 55.0 Å². The molecule has 9 heteroatoms. The number of hydrogen-bond acceptors (Lipinski definition) is 4. The third-order valence-electron chi connectivity index (χ3n) is 3.07. The molecule has 1 aromatic heterocycles. The van der Waals surface area contributed by atoms with Crippen molar-refractivity contribution in [2.45, 2.75) is 4.90 Å². The van der Waals surface area contributed by atoms with E-state index in [9.17, 15) is 8.42 Å². The molecule has 3 aromatic rings. The van der Waals surface area contributed by atoms with Crippen LogP contribution in [0.2, 0.25) is 10.0 Å². The molecule has 0 bridgehead atoms. The number of halogens is 3. The molecule has 0 fully saturated rings. The van der Waals surface area contributed by atoms with E-state index >= 15 is 0 Å². The van der Waals surface area contributed by atoms with Gasteiger partial charge < -0.3 is 4.52 Å². The quantitative estimate of drug-likeness (QED) is 0.595.